The lowest BCUT2D eigenvalue weighted by atomic mass is 10.00. The molecule has 0 atom stereocenters. The van der Waals surface area contributed by atoms with Crippen LogP contribution in [0, 0.1) is 20.8 Å². The molecule has 1 aromatic carbocycles. The van der Waals surface area contributed by atoms with E-state index < -0.39 is 0 Å². The fourth-order valence-electron chi connectivity index (χ4n) is 2.16. The van der Waals surface area contributed by atoms with Crippen molar-refractivity contribution in [1.29, 1.82) is 0 Å². The van der Waals surface area contributed by atoms with Crippen molar-refractivity contribution in [1.82, 2.24) is 9.78 Å². The molecule has 2 aromatic rings. The zero-order chi connectivity index (χ0) is 13.4. The molecule has 4 heteroatoms. The van der Waals surface area contributed by atoms with Gasteiger partial charge < -0.3 is 10.5 Å². The number of nitrogen functional groups attached to an aromatic ring is 1. The summed E-state index contributed by atoms with van der Waals surface area (Å²) in [5, 5.41) is 4.49. The van der Waals surface area contributed by atoms with Crippen LogP contribution in [0.3, 0.4) is 0 Å². The van der Waals surface area contributed by atoms with Gasteiger partial charge in [0, 0.05) is 18.2 Å². The van der Waals surface area contributed by atoms with Crippen LogP contribution in [-0.2, 0) is 7.05 Å². The molecule has 0 saturated heterocycles. The summed E-state index contributed by atoms with van der Waals surface area (Å²) in [4.78, 5) is 0. The minimum Gasteiger partial charge on any atom is -0.496 e. The van der Waals surface area contributed by atoms with Crippen LogP contribution in [-0.4, -0.2) is 16.9 Å². The van der Waals surface area contributed by atoms with Gasteiger partial charge in [0.1, 0.15) is 11.6 Å². The third kappa shape index (κ3) is 1.83. The van der Waals surface area contributed by atoms with Gasteiger partial charge in [-0.05, 0) is 44.0 Å². The molecule has 0 aliphatic carbocycles. The summed E-state index contributed by atoms with van der Waals surface area (Å²) in [5.74, 6) is 1.61. The van der Waals surface area contributed by atoms with Gasteiger partial charge in [-0.2, -0.15) is 5.10 Å². The number of methoxy groups -OCH3 is 1. The Morgan fingerprint density at radius 2 is 1.83 bits per heavy atom. The highest BCUT2D eigenvalue weighted by molar-refractivity contribution is 5.72. The second-order valence-electron chi connectivity index (χ2n) is 4.62. The van der Waals surface area contributed by atoms with Crippen molar-refractivity contribution in [2.45, 2.75) is 20.8 Å². The quantitative estimate of drug-likeness (QED) is 0.884. The van der Waals surface area contributed by atoms with E-state index in [0.29, 0.717) is 5.82 Å². The Bertz CT molecular complexity index is 600. The highest BCUT2D eigenvalue weighted by Gasteiger charge is 2.15. The Balaban J connectivity index is 2.64. The number of nitrogens with zero attached hydrogens (tertiary/aromatic N) is 2. The molecule has 0 aliphatic rings. The minimum absolute atomic E-state index is 0.706. The van der Waals surface area contributed by atoms with Crippen LogP contribution in [0.25, 0.3) is 11.3 Å². The van der Waals surface area contributed by atoms with Crippen molar-refractivity contribution in [3.63, 3.8) is 0 Å². The van der Waals surface area contributed by atoms with Gasteiger partial charge in [0.2, 0.25) is 0 Å². The van der Waals surface area contributed by atoms with Crippen LogP contribution >= 0.6 is 0 Å². The molecule has 0 saturated carbocycles. The van der Waals surface area contributed by atoms with Crippen molar-refractivity contribution in [2.75, 3.05) is 12.8 Å². The van der Waals surface area contributed by atoms with Gasteiger partial charge >= 0.3 is 0 Å². The lowest BCUT2D eigenvalue weighted by Gasteiger charge is -2.10. The van der Waals surface area contributed by atoms with Crippen LogP contribution in [0.4, 0.5) is 5.82 Å². The first kappa shape index (κ1) is 12.5. The fourth-order valence-corrected chi connectivity index (χ4v) is 2.16. The summed E-state index contributed by atoms with van der Waals surface area (Å²) in [6, 6.07) is 4.14. The SMILES string of the molecule is COc1cc(C)c(-c2nn(C)c(N)c2C)cc1C. The first-order valence-corrected chi connectivity index (χ1v) is 5.90. The van der Waals surface area contributed by atoms with Gasteiger partial charge in [-0.3, -0.25) is 4.68 Å². The van der Waals surface area contributed by atoms with E-state index >= 15 is 0 Å². The molecule has 0 bridgehead atoms. The highest BCUT2D eigenvalue weighted by Crippen LogP contribution is 2.32. The molecule has 2 rings (SSSR count). The fraction of sp³-hybridized carbons (Fsp3) is 0.357. The first-order chi connectivity index (χ1) is 8.45. The Hall–Kier alpha value is -1.97. The number of rotatable bonds is 2. The van der Waals surface area contributed by atoms with E-state index in [1.807, 2.05) is 27.0 Å². The second-order valence-corrected chi connectivity index (χ2v) is 4.62. The average Bonchev–Trinajstić information content (AvgIpc) is 2.59. The van der Waals surface area contributed by atoms with Crippen LogP contribution in [0.15, 0.2) is 12.1 Å². The molecular weight excluding hydrogens is 226 g/mol. The molecule has 0 fully saturated rings. The number of benzene rings is 1. The molecule has 1 heterocycles. The standard InChI is InChI=1S/C14H19N3O/c1-8-7-12(18-5)9(2)6-11(8)13-10(3)14(15)17(4)16-13/h6-7H,15H2,1-5H3. The van der Waals surface area contributed by atoms with Crippen LogP contribution < -0.4 is 10.5 Å². The minimum atomic E-state index is 0.706. The summed E-state index contributed by atoms with van der Waals surface area (Å²) in [6.07, 6.45) is 0. The summed E-state index contributed by atoms with van der Waals surface area (Å²) in [7, 11) is 3.54. The molecule has 18 heavy (non-hydrogen) atoms. The van der Waals surface area contributed by atoms with E-state index in [1.165, 1.54) is 0 Å². The molecule has 96 valence electrons. The van der Waals surface area contributed by atoms with Crippen molar-refractivity contribution < 1.29 is 4.74 Å². The van der Waals surface area contributed by atoms with Crippen molar-refractivity contribution >= 4 is 5.82 Å². The van der Waals surface area contributed by atoms with Gasteiger partial charge in [0.05, 0.1) is 12.8 Å². The molecule has 4 nitrogen and oxygen atoms in total. The predicted molar refractivity (Wildman–Crippen MR) is 73.8 cm³/mol. The highest BCUT2D eigenvalue weighted by atomic mass is 16.5. The number of hydrogen-bond donors (Lipinski definition) is 1. The number of nitrogens with two attached hydrogens (primary N) is 1. The Labute approximate surface area is 107 Å². The van der Waals surface area contributed by atoms with Crippen LogP contribution in [0.5, 0.6) is 5.75 Å². The van der Waals surface area contributed by atoms with Gasteiger partial charge in [0.15, 0.2) is 0 Å². The lowest BCUT2D eigenvalue weighted by molar-refractivity contribution is 0.411. The van der Waals surface area contributed by atoms with Crippen molar-refractivity contribution in [3.05, 3.63) is 28.8 Å². The third-order valence-corrected chi connectivity index (χ3v) is 3.34. The van der Waals surface area contributed by atoms with Gasteiger partial charge in [-0.15, -0.1) is 0 Å². The number of anilines is 1. The second kappa shape index (κ2) is 4.37. The molecule has 0 unspecified atom stereocenters. The third-order valence-electron chi connectivity index (χ3n) is 3.34. The number of hydrogen-bond acceptors (Lipinski definition) is 3. The topological polar surface area (TPSA) is 53.1 Å². The summed E-state index contributed by atoms with van der Waals surface area (Å²) < 4.78 is 7.04. The van der Waals surface area contributed by atoms with Gasteiger partial charge in [0.25, 0.3) is 0 Å². The van der Waals surface area contributed by atoms with Gasteiger partial charge in [-0.25, -0.2) is 0 Å². The normalized spacial score (nSPS) is 10.7. The summed E-state index contributed by atoms with van der Waals surface area (Å²) in [5.41, 5.74) is 11.3. The smallest absolute Gasteiger partial charge is 0.124 e. The van der Waals surface area contributed by atoms with E-state index in [4.69, 9.17) is 10.5 Å². The van der Waals surface area contributed by atoms with Crippen LogP contribution in [0.2, 0.25) is 0 Å². The molecule has 0 spiro atoms. The molecule has 0 radical (unpaired) electrons. The molecule has 1 aromatic heterocycles. The van der Waals surface area contributed by atoms with E-state index in [0.717, 1.165) is 33.7 Å². The molecule has 0 aliphatic heterocycles. The number of ether oxygens (including phenoxy) is 1. The maximum absolute atomic E-state index is 5.96. The number of aromatic nitrogens is 2. The van der Waals surface area contributed by atoms with E-state index in [-0.39, 0.29) is 0 Å². The largest absolute Gasteiger partial charge is 0.496 e. The Morgan fingerprint density at radius 1 is 1.17 bits per heavy atom. The Kier molecular flexibility index (Phi) is 3.03. The lowest BCUT2D eigenvalue weighted by Crippen LogP contribution is -1.97. The van der Waals surface area contributed by atoms with E-state index in [2.05, 4.69) is 18.1 Å². The van der Waals surface area contributed by atoms with Crippen molar-refractivity contribution in [2.24, 2.45) is 7.05 Å². The van der Waals surface area contributed by atoms with E-state index in [1.54, 1.807) is 11.8 Å². The van der Waals surface area contributed by atoms with Crippen molar-refractivity contribution in [3.8, 4) is 17.0 Å². The van der Waals surface area contributed by atoms with E-state index in [9.17, 15) is 0 Å². The Morgan fingerprint density at radius 3 is 2.33 bits per heavy atom. The molecule has 2 N–H and O–H groups in total. The first-order valence-electron chi connectivity index (χ1n) is 5.90. The summed E-state index contributed by atoms with van der Waals surface area (Å²) >= 11 is 0. The molecule has 0 amide bonds. The monoisotopic (exact) mass is 245 g/mol. The zero-order valence-corrected chi connectivity index (χ0v) is 11.5. The average molecular weight is 245 g/mol. The molecular formula is C14H19N3O. The predicted octanol–water partition coefficient (Wildman–Crippen LogP) is 2.60. The number of aryl methyl sites for hydroxylation is 3. The van der Waals surface area contributed by atoms with Crippen LogP contribution in [0.1, 0.15) is 16.7 Å². The van der Waals surface area contributed by atoms with Gasteiger partial charge in [-0.1, -0.05) is 0 Å². The zero-order valence-electron chi connectivity index (χ0n) is 11.5. The maximum atomic E-state index is 5.96. The maximum Gasteiger partial charge on any atom is 0.124 e. The summed E-state index contributed by atoms with van der Waals surface area (Å²) in [6.45, 7) is 6.08.